The molecule has 0 spiro atoms. The molecule has 1 aromatic heterocycles. The second kappa shape index (κ2) is 5.53. The normalized spacial score (nSPS) is 10.2. The summed E-state index contributed by atoms with van der Waals surface area (Å²) >= 11 is 5.91. The maximum atomic E-state index is 10.7. The molecule has 2 N–H and O–H groups in total. The van der Waals surface area contributed by atoms with Gasteiger partial charge in [-0.25, -0.2) is 4.98 Å². The van der Waals surface area contributed by atoms with E-state index in [2.05, 4.69) is 4.98 Å². The third-order valence-corrected chi connectivity index (χ3v) is 2.68. The molecule has 0 saturated heterocycles. The Morgan fingerprint density at radius 1 is 1.37 bits per heavy atom. The SMILES string of the molecule is Nc1ccc(COc2cc([N+](=O)[O-])ccc2Cl)cn1. The molecule has 0 aliphatic carbocycles. The molecule has 2 aromatic rings. The van der Waals surface area contributed by atoms with Gasteiger partial charge in [0.2, 0.25) is 0 Å². The highest BCUT2D eigenvalue weighted by Crippen LogP contribution is 2.29. The summed E-state index contributed by atoms with van der Waals surface area (Å²) < 4.78 is 5.44. The highest BCUT2D eigenvalue weighted by molar-refractivity contribution is 6.32. The number of rotatable bonds is 4. The molecule has 1 aromatic carbocycles. The summed E-state index contributed by atoms with van der Waals surface area (Å²) in [4.78, 5) is 14.1. The van der Waals surface area contributed by atoms with Crippen molar-refractivity contribution in [1.82, 2.24) is 4.98 Å². The number of nitrogen functional groups attached to an aromatic ring is 1. The number of ether oxygens (including phenoxy) is 1. The Bertz CT molecular complexity index is 602. The maximum absolute atomic E-state index is 10.7. The van der Waals surface area contributed by atoms with E-state index in [1.165, 1.54) is 18.2 Å². The summed E-state index contributed by atoms with van der Waals surface area (Å²) in [5.41, 5.74) is 6.18. The minimum absolute atomic E-state index is 0.0742. The van der Waals surface area contributed by atoms with Gasteiger partial charge in [-0.2, -0.15) is 0 Å². The fourth-order valence-corrected chi connectivity index (χ4v) is 1.57. The van der Waals surface area contributed by atoms with E-state index in [9.17, 15) is 10.1 Å². The van der Waals surface area contributed by atoms with Crippen LogP contribution in [0.3, 0.4) is 0 Å². The predicted octanol–water partition coefficient (Wildman–Crippen LogP) is 2.80. The number of halogens is 1. The fraction of sp³-hybridized carbons (Fsp3) is 0.0833. The van der Waals surface area contributed by atoms with Gasteiger partial charge < -0.3 is 10.5 Å². The van der Waals surface area contributed by atoms with Gasteiger partial charge in [-0.3, -0.25) is 10.1 Å². The van der Waals surface area contributed by atoms with Crippen LogP contribution in [0.4, 0.5) is 11.5 Å². The zero-order chi connectivity index (χ0) is 13.8. The molecule has 0 aliphatic heterocycles. The van der Waals surface area contributed by atoms with E-state index in [1.807, 2.05) is 0 Å². The summed E-state index contributed by atoms with van der Waals surface area (Å²) in [7, 11) is 0. The van der Waals surface area contributed by atoms with Crippen molar-refractivity contribution in [2.75, 3.05) is 5.73 Å². The average molecular weight is 280 g/mol. The zero-order valence-corrected chi connectivity index (χ0v) is 10.5. The van der Waals surface area contributed by atoms with Crippen LogP contribution in [0.25, 0.3) is 0 Å². The molecule has 7 heteroatoms. The molecule has 0 radical (unpaired) electrons. The molecule has 2 rings (SSSR count). The molecule has 0 fully saturated rings. The van der Waals surface area contributed by atoms with E-state index in [4.69, 9.17) is 22.1 Å². The van der Waals surface area contributed by atoms with Gasteiger partial charge in [0.25, 0.3) is 5.69 Å². The number of nitro groups is 1. The Morgan fingerprint density at radius 2 is 2.16 bits per heavy atom. The van der Waals surface area contributed by atoms with Crippen LogP contribution in [0, 0.1) is 10.1 Å². The van der Waals surface area contributed by atoms with Gasteiger partial charge in [0.05, 0.1) is 16.0 Å². The summed E-state index contributed by atoms with van der Waals surface area (Å²) in [5.74, 6) is 0.671. The Kier molecular flexibility index (Phi) is 3.82. The van der Waals surface area contributed by atoms with Crippen LogP contribution in [0.5, 0.6) is 5.75 Å². The highest BCUT2D eigenvalue weighted by Gasteiger charge is 2.10. The van der Waals surface area contributed by atoms with Crippen LogP contribution in [-0.4, -0.2) is 9.91 Å². The lowest BCUT2D eigenvalue weighted by atomic mass is 10.3. The van der Waals surface area contributed by atoms with Crippen molar-refractivity contribution in [3.63, 3.8) is 0 Å². The molecule has 0 bridgehead atoms. The van der Waals surface area contributed by atoms with Crippen LogP contribution >= 0.6 is 11.6 Å². The molecule has 19 heavy (non-hydrogen) atoms. The third-order valence-electron chi connectivity index (χ3n) is 2.37. The first-order chi connectivity index (χ1) is 9.06. The highest BCUT2D eigenvalue weighted by atomic mass is 35.5. The van der Waals surface area contributed by atoms with Crippen LogP contribution in [-0.2, 0) is 6.61 Å². The smallest absolute Gasteiger partial charge is 0.273 e. The first-order valence-electron chi connectivity index (χ1n) is 5.33. The van der Waals surface area contributed by atoms with Gasteiger partial charge in [-0.1, -0.05) is 17.7 Å². The zero-order valence-electron chi connectivity index (χ0n) is 9.75. The van der Waals surface area contributed by atoms with E-state index in [1.54, 1.807) is 18.3 Å². The lowest BCUT2D eigenvalue weighted by Gasteiger charge is -2.07. The Labute approximate surface area is 113 Å². The van der Waals surface area contributed by atoms with Crippen LogP contribution in [0.1, 0.15) is 5.56 Å². The molecular formula is C12H10ClN3O3. The largest absolute Gasteiger partial charge is 0.487 e. The third kappa shape index (κ3) is 3.32. The minimum atomic E-state index is -0.506. The van der Waals surface area contributed by atoms with Crippen LogP contribution in [0.15, 0.2) is 36.5 Å². The van der Waals surface area contributed by atoms with E-state index in [0.717, 1.165) is 5.56 Å². The van der Waals surface area contributed by atoms with Crippen molar-refractivity contribution >= 4 is 23.1 Å². The number of anilines is 1. The first-order valence-corrected chi connectivity index (χ1v) is 5.71. The van der Waals surface area contributed by atoms with E-state index >= 15 is 0 Å². The summed E-state index contributed by atoms with van der Waals surface area (Å²) in [6.45, 7) is 0.203. The van der Waals surface area contributed by atoms with Crippen molar-refractivity contribution in [2.45, 2.75) is 6.61 Å². The van der Waals surface area contributed by atoms with Gasteiger partial charge >= 0.3 is 0 Å². The van der Waals surface area contributed by atoms with E-state index in [0.29, 0.717) is 10.8 Å². The van der Waals surface area contributed by atoms with Crippen molar-refractivity contribution in [2.24, 2.45) is 0 Å². The molecule has 98 valence electrons. The number of nitrogens with two attached hydrogens (primary N) is 1. The number of pyridine rings is 1. The fourth-order valence-electron chi connectivity index (χ4n) is 1.40. The monoisotopic (exact) mass is 279 g/mol. The second-order valence-corrected chi connectivity index (χ2v) is 4.16. The number of hydrogen-bond acceptors (Lipinski definition) is 5. The minimum Gasteiger partial charge on any atom is -0.487 e. The van der Waals surface area contributed by atoms with Gasteiger partial charge in [0.1, 0.15) is 18.2 Å². The molecular weight excluding hydrogens is 270 g/mol. The van der Waals surface area contributed by atoms with Crippen LogP contribution < -0.4 is 10.5 Å². The molecule has 0 amide bonds. The van der Waals surface area contributed by atoms with Crippen molar-refractivity contribution < 1.29 is 9.66 Å². The summed E-state index contributed by atoms with van der Waals surface area (Å²) in [5, 5.41) is 11.0. The summed E-state index contributed by atoms with van der Waals surface area (Å²) in [6.07, 6.45) is 1.57. The van der Waals surface area contributed by atoms with Crippen molar-refractivity contribution in [3.05, 3.63) is 57.2 Å². The average Bonchev–Trinajstić information content (AvgIpc) is 2.39. The lowest BCUT2D eigenvalue weighted by Crippen LogP contribution is -1.98. The van der Waals surface area contributed by atoms with Crippen LogP contribution in [0.2, 0.25) is 5.02 Å². The van der Waals surface area contributed by atoms with Gasteiger partial charge in [-0.05, 0) is 12.1 Å². The Hall–Kier alpha value is -2.34. The molecule has 0 saturated carbocycles. The molecule has 0 unspecified atom stereocenters. The van der Waals surface area contributed by atoms with E-state index < -0.39 is 4.92 Å². The Balaban J connectivity index is 2.12. The number of aromatic nitrogens is 1. The predicted molar refractivity (Wildman–Crippen MR) is 71.1 cm³/mol. The molecule has 0 atom stereocenters. The van der Waals surface area contributed by atoms with Gasteiger partial charge in [0, 0.05) is 17.8 Å². The van der Waals surface area contributed by atoms with Gasteiger partial charge in [0.15, 0.2) is 0 Å². The first kappa shape index (κ1) is 13.1. The van der Waals surface area contributed by atoms with Gasteiger partial charge in [-0.15, -0.1) is 0 Å². The molecule has 1 heterocycles. The lowest BCUT2D eigenvalue weighted by molar-refractivity contribution is -0.384. The number of nitro benzene ring substituents is 1. The maximum Gasteiger partial charge on any atom is 0.273 e. The standard InChI is InChI=1S/C12H10ClN3O3/c13-10-3-2-9(16(17)18)5-11(10)19-7-8-1-4-12(14)15-6-8/h1-6H,7H2,(H2,14,15). The quantitative estimate of drug-likeness (QED) is 0.686. The Morgan fingerprint density at radius 3 is 2.79 bits per heavy atom. The summed E-state index contributed by atoms with van der Waals surface area (Å²) in [6, 6.07) is 7.44. The number of benzene rings is 1. The molecule has 6 nitrogen and oxygen atoms in total. The number of non-ortho nitro benzene ring substituents is 1. The van der Waals surface area contributed by atoms with Crippen molar-refractivity contribution in [1.29, 1.82) is 0 Å². The topological polar surface area (TPSA) is 91.3 Å². The molecule has 0 aliphatic rings. The van der Waals surface area contributed by atoms with E-state index in [-0.39, 0.29) is 18.0 Å². The number of hydrogen-bond donors (Lipinski definition) is 1. The second-order valence-electron chi connectivity index (χ2n) is 3.75. The van der Waals surface area contributed by atoms with Crippen molar-refractivity contribution in [3.8, 4) is 5.75 Å². The number of nitrogens with zero attached hydrogens (tertiary/aromatic N) is 2.